The largest absolute Gasteiger partial charge is 0.468 e. The number of nitrogens with one attached hydrogen (secondary N) is 1. The summed E-state index contributed by atoms with van der Waals surface area (Å²) < 4.78 is 45.0. The fraction of sp³-hybridized carbons (Fsp3) is 0.188. The summed E-state index contributed by atoms with van der Waals surface area (Å²) in [7, 11) is 1.12. The molecule has 8 heteroatoms. The van der Waals surface area contributed by atoms with Crippen LogP contribution in [0.1, 0.15) is 22.6 Å². The first kappa shape index (κ1) is 18.1. The summed E-state index contributed by atoms with van der Waals surface area (Å²) in [6, 6.07) is 9.37. The van der Waals surface area contributed by atoms with E-state index < -0.39 is 23.6 Å². The number of halogens is 4. The van der Waals surface area contributed by atoms with Crippen molar-refractivity contribution in [2.75, 3.05) is 12.5 Å². The first-order valence-electron chi connectivity index (χ1n) is 6.79. The second kappa shape index (κ2) is 7.11. The first-order valence-corrected chi connectivity index (χ1v) is 7.16. The monoisotopic (exact) mass is 358 g/mol. The van der Waals surface area contributed by atoms with Crippen LogP contribution in [0, 0.1) is 0 Å². The Balaban J connectivity index is 2.66. The molecule has 0 saturated carbocycles. The highest BCUT2D eigenvalue weighted by Crippen LogP contribution is 2.39. The third-order valence-corrected chi connectivity index (χ3v) is 3.73. The lowest BCUT2D eigenvalue weighted by molar-refractivity contribution is -0.143. The fourth-order valence-electron chi connectivity index (χ4n) is 2.36. The Morgan fingerprint density at radius 2 is 1.83 bits per heavy atom. The van der Waals surface area contributed by atoms with Crippen LogP contribution in [0.25, 0.3) is 0 Å². The molecule has 0 heterocycles. The predicted octanol–water partition coefficient (Wildman–Crippen LogP) is 3.95. The van der Waals surface area contributed by atoms with E-state index in [2.05, 4.69) is 5.43 Å². The number of carbonyl (C=O) groups excluding carboxylic acids is 1. The Morgan fingerprint density at radius 1 is 1.21 bits per heavy atom. The Labute approximate surface area is 141 Å². The van der Waals surface area contributed by atoms with Crippen LogP contribution in [0.5, 0.6) is 0 Å². The van der Waals surface area contributed by atoms with Crippen molar-refractivity contribution >= 4 is 23.3 Å². The van der Waals surface area contributed by atoms with E-state index in [-0.39, 0.29) is 11.3 Å². The van der Waals surface area contributed by atoms with Gasteiger partial charge in [0.25, 0.3) is 0 Å². The molecule has 1 atom stereocenters. The maximum absolute atomic E-state index is 13.4. The minimum absolute atomic E-state index is 0.0748. The van der Waals surface area contributed by atoms with Crippen LogP contribution in [-0.4, -0.2) is 13.1 Å². The average molecular weight is 359 g/mol. The molecule has 0 aliphatic heterocycles. The quantitative estimate of drug-likeness (QED) is 0.493. The number of hydrogen-bond acceptors (Lipinski definition) is 4. The molecule has 3 N–H and O–H groups in total. The van der Waals surface area contributed by atoms with E-state index in [0.717, 1.165) is 13.2 Å². The van der Waals surface area contributed by atoms with Gasteiger partial charge in [0, 0.05) is 10.7 Å². The lowest BCUT2D eigenvalue weighted by atomic mass is 9.87. The van der Waals surface area contributed by atoms with Gasteiger partial charge < -0.3 is 10.2 Å². The van der Waals surface area contributed by atoms with E-state index in [0.29, 0.717) is 10.6 Å². The summed E-state index contributed by atoms with van der Waals surface area (Å²) >= 11 is 5.80. The van der Waals surface area contributed by atoms with Gasteiger partial charge in [0.15, 0.2) is 0 Å². The molecular formula is C16H14ClF3N2O2. The number of alkyl halides is 3. The maximum Gasteiger partial charge on any atom is 0.416 e. The van der Waals surface area contributed by atoms with Crippen molar-refractivity contribution in [3.8, 4) is 0 Å². The van der Waals surface area contributed by atoms with E-state index in [1.54, 1.807) is 0 Å². The molecule has 0 saturated heterocycles. The lowest BCUT2D eigenvalue weighted by Crippen LogP contribution is -2.21. The van der Waals surface area contributed by atoms with Crippen LogP contribution in [0.2, 0.25) is 5.02 Å². The number of hydrogen-bond donors (Lipinski definition) is 2. The third-order valence-electron chi connectivity index (χ3n) is 3.48. The molecule has 2 rings (SSSR count). The molecule has 0 radical (unpaired) electrons. The van der Waals surface area contributed by atoms with E-state index in [1.165, 1.54) is 36.4 Å². The number of nitrogens with two attached hydrogens (primary N) is 1. The van der Waals surface area contributed by atoms with Gasteiger partial charge in [-0.1, -0.05) is 29.8 Å². The first-order chi connectivity index (χ1) is 11.3. The normalized spacial score (nSPS) is 12.6. The average Bonchev–Trinajstić information content (AvgIpc) is 2.55. The summed E-state index contributed by atoms with van der Waals surface area (Å²) in [4.78, 5) is 12.2. The van der Waals surface area contributed by atoms with Crippen molar-refractivity contribution in [2.24, 2.45) is 5.84 Å². The zero-order chi connectivity index (χ0) is 17.9. The molecule has 0 spiro atoms. The number of rotatable bonds is 4. The number of ether oxygens (including phenoxy) is 1. The number of esters is 1. The SMILES string of the molecule is COC(=O)C(c1ccc(Cl)cc1)c1ccc(NN)cc1C(F)(F)F. The standard InChI is InChI=1S/C16H14ClF3N2O2/c1-24-15(23)14(9-2-4-10(17)5-3-9)12-7-6-11(22-21)8-13(12)16(18,19)20/h2-8,14,22H,21H2,1H3. The molecule has 0 aliphatic rings. The predicted molar refractivity (Wildman–Crippen MR) is 84.6 cm³/mol. The molecule has 4 nitrogen and oxygen atoms in total. The second-order valence-corrected chi connectivity index (χ2v) is 5.39. The summed E-state index contributed by atoms with van der Waals surface area (Å²) in [5.41, 5.74) is 1.38. The van der Waals surface area contributed by atoms with Crippen LogP contribution in [-0.2, 0) is 15.7 Å². The molecular weight excluding hydrogens is 345 g/mol. The molecule has 0 bridgehead atoms. The molecule has 24 heavy (non-hydrogen) atoms. The van der Waals surface area contributed by atoms with Crippen molar-refractivity contribution in [3.05, 3.63) is 64.2 Å². The van der Waals surface area contributed by atoms with Gasteiger partial charge in [-0.15, -0.1) is 0 Å². The molecule has 0 aliphatic carbocycles. The molecule has 1 unspecified atom stereocenters. The highest BCUT2D eigenvalue weighted by atomic mass is 35.5. The topological polar surface area (TPSA) is 64.3 Å². The molecule has 2 aromatic carbocycles. The van der Waals surface area contributed by atoms with Gasteiger partial charge >= 0.3 is 12.1 Å². The van der Waals surface area contributed by atoms with Gasteiger partial charge in [0.05, 0.1) is 12.7 Å². The van der Waals surface area contributed by atoms with E-state index in [1.807, 2.05) is 0 Å². The number of anilines is 1. The highest BCUT2D eigenvalue weighted by Gasteiger charge is 2.38. The Bertz CT molecular complexity index is 733. The fourth-order valence-corrected chi connectivity index (χ4v) is 2.48. The van der Waals surface area contributed by atoms with Crippen LogP contribution in [0.15, 0.2) is 42.5 Å². The Kier molecular flexibility index (Phi) is 5.36. The van der Waals surface area contributed by atoms with Crippen molar-refractivity contribution in [2.45, 2.75) is 12.1 Å². The van der Waals surface area contributed by atoms with Gasteiger partial charge in [0.2, 0.25) is 0 Å². The second-order valence-electron chi connectivity index (χ2n) is 4.95. The molecule has 0 fully saturated rings. The van der Waals surface area contributed by atoms with Crippen molar-refractivity contribution in [3.63, 3.8) is 0 Å². The molecule has 0 amide bonds. The van der Waals surface area contributed by atoms with Crippen molar-refractivity contribution in [1.82, 2.24) is 0 Å². The van der Waals surface area contributed by atoms with Crippen molar-refractivity contribution in [1.29, 1.82) is 0 Å². The van der Waals surface area contributed by atoms with Crippen LogP contribution >= 0.6 is 11.6 Å². The zero-order valence-corrected chi connectivity index (χ0v) is 13.3. The van der Waals surface area contributed by atoms with Gasteiger partial charge in [0.1, 0.15) is 5.92 Å². The summed E-state index contributed by atoms with van der Waals surface area (Å²) in [6.07, 6.45) is -4.67. The van der Waals surface area contributed by atoms with Gasteiger partial charge in [-0.3, -0.25) is 10.6 Å². The minimum Gasteiger partial charge on any atom is -0.468 e. The van der Waals surface area contributed by atoms with Crippen LogP contribution in [0.4, 0.5) is 18.9 Å². The van der Waals surface area contributed by atoms with Gasteiger partial charge in [-0.05, 0) is 35.4 Å². The van der Waals surface area contributed by atoms with Crippen molar-refractivity contribution < 1.29 is 22.7 Å². The molecule has 0 aromatic heterocycles. The van der Waals surface area contributed by atoms with Gasteiger partial charge in [-0.2, -0.15) is 13.2 Å². The summed E-state index contributed by atoms with van der Waals surface area (Å²) in [5, 5.41) is 0.404. The smallest absolute Gasteiger partial charge is 0.416 e. The van der Waals surface area contributed by atoms with E-state index in [9.17, 15) is 18.0 Å². The molecule has 2 aromatic rings. The summed E-state index contributed by atoms with van der Waals surface area (Å²) in [5.74, 6) is 3.13. The number of methoxy groups -OCH3 is 1. The van der Waals surface area contributed by atoms with Crippen LogP contribution < -0.4 is 11.3 Å². The Morgan fingerprint density at radius 3 is 2.33 bits per heavy atom. The molecule has 128 valence electrons. The van der Waals surface area contributed by atoms with E-state index >= 15 is 0 Å². The van der Waals surface area contributed by atoms with E-state index in [4.69, 9.17) is 22.2 Å². The van der Waals surface area contributed by atoms with Gasteiger partial charge in [-0.25, -0.2) is 0 Å². The number of carbonyl (C=O) groups is 1. The Hall–Kier alpha value is -2.25. The minimum atomic E-state index is -4.67. The summed E-state index contributed by atoms with van der Waals surface area (Å²) in [6.45, 7) is 0. The third kappa shape index (κ3) is 3.80. The lowest BCUT2D eigenvalue weighted by Gasteiger charge is -2.21. The number of benzene rings is 2. The van der Waals surface area contributed by atoms with Crippen LogP contribution in [0.3, 0.4) is 0 Å². The number of hydrazine groups is 1. The maximum atomic E-state index is 13.4. The number of nitrogen functional groups attached to an aromatic ring is 1. The highest BCUT2D eigenvalue weighted by molar-refractivity contribution is 6.30. The zero-order valence-electron chi connectivity index (χ0n) is 12.5.